The Kier molecular flexibility index (Phi) is 7.20. The molecule has 0 N–H and O–H groups in total. The molecule has 0 aliphatic carbocycles. The fraction of sp³-hybridized carbons (Fsp3) is 0.222. The summed E-state index contributed by atoms with van der Waals surface area (Å²) in [6, 6.07) is 20.1. The van der Waals surface area contributed by atoms with Crippen LogP contribution < -0.4 is 4.90 Å². The summed E-state index contributed by atoms with van der Waals surface area (Å²) in [5.74, 6) is -1.77. The van der Waals surface area contributed by atoms with Crippen LogP contribution in [-0.2, 0) is 14.8 Å². The highest BCUT2D eigenvalue weighted by Crippen LogP contribution is 2.26. The second-order valence-electron chi connectivity index (χ2n) is 8.81. The maximum absolute atomic E-state index is 13.3. The van der Waals surface area contributed by atoms with Crippen LogP contribution in [0.4, 0.5) is 5.69 Å². The summed E-state index contributed by atoms with van der Waals surface area (Å²) < 4.78 is 33.3. The molecular weight excluding hydrogens is 530 g/mol. The number of benzene rings is 3. The van der Waals surface area contributed by atoms with Gasteiger partial charge in [0.1, 0.15) is 6.61 Å². The largest absolute Gasteiger partial charge is 0.460 e. The van der Waals surface area contributed by atoms with Crippen molar-refractivity contribution >= 4 is 45.1 Å². The molecule has 2 aliphatic heterocycles. The molecule has 196 valence electrons. The molecular formula is C27H24ClN3O6S. The number of para-hydroxylation sites is 1. The number of hydrogen-bond donors (Lipinski definition) is 0. The highest BCUT2D eigenvalue weighted by Gasteiger charge is 2.35. The standard InChI is InChI=1S/C27H24ClN3O6S/c28-24-11-10-20(38(35,36)30-14-12-29(13-15-30)19-6-2-1-3-7-19)18-23(24)27(34)37-17-16-31-25(32)21-8-4-5-9-22(21)26(31)33/h1-11,18H,12-17H2. The maximum Gasteiger partial charge on any atom is 0.339 e. The monoisotopic (exact) mass is 553 g/mol. The maximum atomic E-state index is 13.3. The van der Waals surface area contributed by atoms with Crippen molar-refractivity contribution < 1.29 is 27.5 Å². The van der Waals surface area contributed by atoms with E-state index in [-0.39, 0.29) is 28.6 Å². The Morgan fingerprint density at radius 1 is 0.842 bits per heavy atom. The van der Waals surface area contributed by atoms with Gasteiger partial charge in [0.25, 0.3) is 11.8 Å². The molecule has 2 aliphatic rings. The van der Waals surface area contributed by atoms with E-state index >= 15 is 0 Å². The SMILES string of the molecule is O=C(OCCN1C(=O)c2ccccc2C1=O)c1cc(S(=O)(=O)N2CCN(c3ccccc3)CC2)ccc1Cl. The number of amides is 2. The number of hydrogen-bond acceptors (Lipinski definition) is 7. The first kappa shape index (κ1) is 25.9. The third-order valence-electron chi connectivity index (χ3n) is 6.58. The van der Waals surface area contributed by atoms with E-state index in [1.165, 1.54) is 22.5 Å². The van der Waals surface area contributed by atoms with Gasteiger partial charge in [-0.2, -0.15) is 4.31 Å². The van der Waals surface area contributed by atoms with E-state index in [0.29, 0.717) is 37.3 Å². The molecule has 3 aromatic carbocycles. The number of ether oxygens (including phenoxy) is 1. The summed E-state index contributed by atoms with van der Waals surface area (Å²) in [4.78, 5) is 40.8. The lowest BCUT2D eigenvalue weighted by molar-refractivity contribution is 0.0420. The van der Waals surface area contributed by atoms with Crippen LogP contribution in [0.3, 0.4) is 0 Å². The molecule has 0 spiro atoms. The molecule has 38 heavy (non-hydrogen) atoms. The number of carbonyl (C=O) groups is 3. The van der Waals surface area contributed by atoms with Gasteiger partial charge in [0, 0.05) is 31.9 Å². The minimum Gasteiger partial charge on any atom is -0.460 e. The zero-order valence-corrected chi connectivity index (χ0v) is 21.8. The van der Waals surface area contributed by atoms with Crippen LogP contribution in [-0.4, -0.2) is 74.7 Å². The van der Waals surface area contributed by atoms with Crippen LogP contribution in [0.15, 0.2) is 77.7 Å². The number of piperazine rings is 1. The van der Waals surface area contributed by atoms with Crippen molar-refractivity contribution in [3.8, 4) is 0 Å². The van der Waals surface area contributed by atoms with E-state index in [9.17, 15) is 22.8 Å². The summed E-state index contributed by atoms with van der Waals surface area (Å²) >= 11 is 6.19. The Morgan fingerprint density at radius 3 is 2.08 bits per heavy atom. The Balaban J connectivity index is 1.22. The minimum atomic E-state index is -3.88. The highest BCUT2D eigenvalue weighted by atomic mass is 35.5. The first-order chi connectivity index (χ1) is 18.3. The number of rotatable bonds is 7. The van der Waals surface area contributed by atoms with E-state index in [2.05, 4.69) is 4.90 Å². The number of anilines is 1. The van der Waals surface area contributed by atoms with Crippen LogP contribution in [0.25, 0.3) is 0 Å². The first-order valence-corrected chi connectivity index (χ1v) is 13.8. The lowest BCUT2D eigenvalue weighted by atomic mass is 10.1. The Morgan fingerprint density at radius 2 is 1.45 bits per heavy atom. The quantitative estimate of drug-likeness (QED) is 0.326. The van der Waals surface area contributed by atoms with Gasteiger partial charge in [-0.25, -0.2) is 13.2 Å². The zero-order valence-electron chi connectivity index (χ0n) is 20.2. The second-order valence-corrected chi connectivity index (χ2v) is 11.2. The minimum absolute atomic E-state index is 0.0311. The molecule has 0 atom stereocenters. The van der Waals surface area contributed by atoms with Gasteiger partial charge in [0.2, 0.25) is 10.0 Å². The van der Waals surface area contributed by atoms with Gasteiger partial charge >= 0.3 is 5.97 Å². The van der Waals surface area contributed by atoms with Gasteiger partial charge in [-0.05, 0) is 42.5 Å². The zero-order chi connectivity index (χ0) is 26.9. The molecule has 3 aromatic rings. The Bertz CT molecular complexity index is 1470. The molecule has 0 aromatic heterocycles. The summed E-state index contributed by atoms with van der Waals surface area (Å²) in [6.45, 7) is 1.24. The fourth-order valence-electron chi connectivity index (χ4n) is 4.55. The van der Waals surface area contributed by atoms with Gasteiger partial charge in [-0.1, -0.05) is 41.9 Å². The summed E-state index contributed by atoms with van der Waals surface area (Å²) in [5.41, 5.74) is 1.52. The third-order valence-corrected chi connectivity index (χ3v) is 8.81. The highest BCUT2D eigenvalue weighted by molar-refractivity contribution is 7.89. The molecule has 0 saturated carbocycles. The van der Waals surface area contributed by atoms with Crippen molar-refractivity contribution in [2.75, 3.05) is 44.2 Å². The summed E-state index contributed by atoms with van der Waals surface area (Å²) in [5, 5.41) is 0.0311. The van der Waals surface area contributed by atoms with E-state index in [1.807, 2.05) is 30.3 Å². The van der Waals surface area contributed by atoms with E-state index in [4.69, 9.17) is 16.3 Å². The Labute approximate surface area is 225 Å². The van der Waals surface area contributed by atoms with Crippen molar-refractivity contribution in [1.29, 1.82) is 0 Å². The molecule has 0 radical (unpaired) electrons. The first-order valence-electron chi connectivity index (χ1n) is 12.0. The average molecular weight is 554 g/mol. The van der Waals surface area contributed by atoms with Crippen LogP contribution in [0.5, 0.6) is 0 Å². The molecule has 11 heteroatoms. The number of nitrogens with zero attached hydrogens (tertiary/aromatic N) is 3. The van der Waals surface area contributed by atoms with Crippen LogP contribution in [0.1, 0.15) is 31.1 Å². The van der Waals surface area contributed by atoms with Crippen molar-refractivity contribution in [3.05, 3.63) is 94.5 Å². The van der Waals surface area contributed by atoms with Gasteiger partial charge in [-0.15, -0.1) is 0 Å². The normalized spacial score (nSPS) is 16.0. The molecule has 2 amide bonds. The molecule has 1 fully saturated rings. The van der Waals surface area contributed by atoms with E-state index in [0.717, 1.165) is 10.6 Å². The molecule has 9 nitrogen and oxygen atoms in total. The predicted octanol–water partition coefficient (Wildman–Crippen LogP) is 3.30. The van der Waals surface area contributed by atoms with Gasteiger partial charge in [0.15, 0.2) is 0 Å². The number of carbonyl (C=O) groups excluding carboxylic acids is 3. The van der Waals surface area contributed by atoms with E-state index < -0.39 is 27.8 Å². The molecule has 1 saturated heterocycles. The number of halogens is 1. The van der Waals surface area contributed by atoms with Gasteiger partial charge in [0.05, 0.1) is 33.2 Å². The second kappa shape index (κ2) is 10.6. The van der Waals surface area contributed by atoms with Crippen LogP contribution in [0.2, 0.25) is 5.02 Å². The Hall–Kier alpha value is -3.73. The van der Waals surface area contributed by atoms with Crippen molar-refractivity contribution in [1.82, 2.24) is 9.21 Å². The third kappa shape index (κ3) is 4.90. The predicted molar refractivity (Wildman–Crippen MR) is 141 cm³/mol. The van der Waals surface area contributed by atoms with E-state index in [1.54, 1.807) is 24.3 Å². The lowest BCUT2D eigenvalue weighted by Crippen LogP contribution is -2.48. The lowest BCUT2D eigenvalue weighted by Gasteiger charge is -2.35. The topological polar surface area (TPSA) is 104 Å². The average Bonchev–Trinajstić information content (AvgIpc) is 3.18. The molecule has 0 bridgehead atoms. The van der Waals surface area contributed by atoms with Crippen molar-refractivity contribution in [2.45, 2.75) is 4.90 Å². The van der Waals surface area contributed by atoms with Crippen LogP contribution in [0, 0.1) is 0 Å². The number of fused-ring (bicyclic) bond motifs is 1. The van der Waals surface area contributed by atoms with Crippen molar-refractivity contribution in [3.63, 3.8) is 0 Å². The van der Waals surface area contributed by atoms with Gasteiger partial charge < -0.3 is 9.64 Å². The number of imide groups is 1. The van der Waals surface area contributed by atoms with Crippen LogP contribution >= 0.6 is 11.6 Å². The smallest absolute Gasteiger partial charge is 0.339 e. The molecule has 2 heterocycles. The number of sulfonamides is 1. The van der Waals surface area contributed by atoms with Gasteiger partial charge in [-0.3, -0.25) is 14.5 Å². The van der Waals surface area contributed by atoms with Crippen molar-refractivity contribution in [2.24, 2.45) is 0 Å². The molecule has 5 rings (SSSR count). The fourth-order valence-corrected chi connectivity index (χ4v) is 6.19. The summed E-state index contributed by atoms with van der Waals surface area (Å²) in [6.07, 6.45) is 0. The number of esters is 1. The molecule has 0 unspecified atom stereocenters. The summed E-state index contributed by atoms with van der Waals surface area (Å²) in [7, 11) is -3.88.